The van der Waals surface area contributed by atoms with Crippen molar-refractivity contribution in [2.24, 2.45) is 0 Å². The molecular weight excluding hydrogens is 1650 g/mol. The van der Waals surface area contributed by atoms with E-state index in [-0.39, 0.29) is 0 Å². The summed E-state index contributed by atoms with van der Waals surface area (Å²) in [6.45, 7) is 0. The number of benzene rings is 21. The summed E-state index contributed by atoms with van der Waals surface area (Å²) < 4.78 is 4.74. The molecule has 136 heavy (non-hydrogen) atoms. The third kappa shape index (κ3) is 13.7. The van der Waals surface area contributed by atoms with Crippen LogP contribution in [0.25, 0.3) is 265 Å². The number of rotatable bonds is 13. The molecule has 0 saturated heterocycles. The van der Waals surface area contributed by atoms with Crippen LogP contribution in [0.2, 0.25) is 0 Å². The largest absolute Gasteiger partial charge is 0.307 e. The van der Waals surface area contributed by atoms with Gasteiger partial charge in [0, 0.05) is 88.2 Å². The molecule has 0 bridgehead atoms. The lowest BCUT2D eigenvalue weighted by molar-refractivity contribution is 1.07. The quantitative estimate of drug-likeness (QED) is 0.106. The molecule has 27 aromatic rings. The van der Waals surface area contributed by atoms with E-state index in [1.807, 2.05) is 36.4 Å². The van der Waals surface area contributed by atoms with Gasteiger partial charge in [0.25, 0.3) is 0 Å². The van der Waals surface area contributed by atoms with Gasteiger partial charge < -0.3 is 9.13 Å². The third-order valence-electron chi connectivity index (χ3n) is 27.0. The molecule has 0 aliphatic carbocycles. The number of para-hydroxylation sites is 6. The molecule has 0 aliphatic heterocycles. The van der Waals surface area contributed by atoms with Crippen molar-refractivity contribution in [3.63, 3.8) is 0 Å². The monoisotopic (exact) mass is 1730 g/mol. The second-order valence-electron chi connectivity index (χ2n) is 34.9. The number of hydrogen-bond donors (Lipinski definition) is 0. The van der Waals surface area contributed by atoms with Crippen LogP contribution in [0.3, 0.4) is 0 Å². The fourth-order valence-electron chi connectivity index (χ4n) is 20.6. The molecule has 21 aromatic carbocycles. The highest BCUT2D eigenvalue weighted by molar-refractivity contribution is 6.29. The molecule has 27 rings (SSSR count). The van der Waals surface area contributed by atoms with Crippen LogP contribution in [0.5, 0.6) is 0 Å². The summed E-state index contributed by atoms with van der Waals surface area (Å²) in [5.41, 5.74) is 27.0. The minimum absolute atomic E-state index is 0.616. The van der Waals surface area contributed by atoms with E-state index in [4.69, 9.17) is 34.9 Å². The maximum absolute atomic E-state index is 5.37. The lowest BCUT2D eigenvalue weighted by atomic mass is 9.92. The van der Waals surface area contributed by atoms with Crippen LogP contribution in [-0.4, -0.2) is 44.0 Å². The molecule has 0 spiro atoms. The first-order chi connectivity index (χ1) is 67.4. The van der Waals surface area contributed by atoms with E-state index in [0.29, 0.717) is 23.3 Å². The van der Waals surface area contributed by atoms with Gasteiger partial charge >= 0.3 is 0 Å². The molecule has 0 aliphatic rings. The van der Waals surface area contributed by atoms with Gasteiger partial charge in [0.15, 0.2) is 23.3 Å². The molecule has 6 heterocycles. The number of aromatic nitrogens is 9. The Balaban J connectivity index is 0.000000142. The van der Waals surface area contributed by atoms with Crippen molar-refractivity contribution in [3.05, 3.63) is 479 Å². The first-order valence-corrected chi connectivity index (χ1v) is 46.1. The Labute approximate surface area is 783 Å². The van der Waals surface area contributed by atoms with E-state index in [1.54, 1.807) is 0 Å². The topological polar surface area (TPSA) is 100 Å². The number of hydrogen-bond acceptors (Lipinski definition) is 7. The van der Waals surface area contributed by atoms with E-state index in [0.717, 1.165) is 156 Å². The number of pyridine rings is 2. The van der Waals surface area contributed by atoms with Gasteiger partial charge in [0.2, 0.25) is 0 Å². The van der Waals surface area contributed by atoms with Gasteiger partial charge in [-0.1, -0.05) is 406 Å². The fourth-order valence-corrected chi connectivity index (χ4v) is 20.6. The van der Waals surface area contributed by atoms with Crippen LogP contribution in [0.1, 0.15) is 0 Å². The van der Waals surface area contributed by atoms with Gasteiger partial charge in [-0.05, 0) is 171 Å². The van der Waals surface area contributed by atoms with Gasteiger partial charge in [-0.3, -0.25) is 0 Å². The van der Waals surface area contributed by atoms with Crippen molar-refractivity contribution >= 4 is 130 Å². The van der Waals surface area contributed by atoms with Gasteiger partial charge in [-0.25, -0.2) is 34.9 Å². The summed E-state index contributed by atoms with van der Waals surface area (Å²) in [6.07, 6.45) is 0. The molecule has 0 amide bonds. The fraction of sp³-hybridized carbons (Fsp3) is 0. The first-order valence-electron chi connectivity index (χ1n) is 46.1. The van der Waals surface area contributed by atoms with Crippen LogP contribution in [0, 0.1) is 0 Å². The Bertz CT molecular complexity index is 9360. The number of fused-ring (bicyclic) bond motifs is 22. The summed E-state index contributed by atoms with van der Waals surface area (Å²) in [6, 6.07) is 170. The predicted molar refractivity (Wildman–Crippen MR) is 566 cm³/mol. The van der Waals surface area contributed by atoms with Crippen LogP contribution in [0.15, 0.2) is 479 Å². The maximum atomic E-state index is 5.37. The molecule has 0 atom stereocenters. The minimum atomic E-state index is 0.616. The zero-order valence-corrected chi connectivity index (χ0v) is 73.6. The molecule has 9 heteroatoms. The Morgan fingerprint density at radius 2 is 0.404 bits per heavy atom. The molecule has 6 aromatic heterocycles. The highest BCUT2D eigenvalue weighted by Crippen LogP contribution is 2.47. The van der Waals surface area contributed by atoms with Gasteiger partial charge in [-0.2, -0.15) is 0 Å². The Morgan fingerprint density at radius 1 is 0.140 bits per heavy atom. The average molecular weight is 1730 g/mol. The van der Waals surface area contributed by atoms with E-state index in [2.05, 4.69) is 452 Å². The molecule has 0 fully saturated rings. The zero-order valence-electron chi connectivity index (χ0n) is 73.6. The van der Waals surface area contributed by atoms with Gasteiger partial charge in [0.1, 0.15) is 0 Å². The Morgan fingerprint density at radius 3 is 0.824 bits per heavy atom. The standard InChI is InChI=1S/C66H41N5.C61H38N4/c1-3-16-45(17-4-1)64-68-65(70-66(69-64)49-19-15-18-47(40-49)48-38-39-55-53-24-8-7-22-51(53)52-23-9-10-25-54(52)58(55)41-48)46-36-32-43(33-37-46)42-30-34-44(35-31-42)62-63-61(56-26-11-13-28-59(56)67-62)57-27-12-14-29-60(57)71(63)50-20-5-2-6-21-50;1-3-15-43(16-4-1)61-63-55(38-56(64-61)44-35-36-50-48-21-8-7-19-46(48)47-20-9-10-22-49(47)53(50)37-44)41-31-27-39(28-32-41)40-29-33-42(34-30-40)59-60-58(51-23-11-13-25-54(51)62-59)52-24-12-14-26-57(52)65(60)45-17-5-2-6-18-45/h1-41H;1-38H. The smallest absolute Gasteiger partial charge is 0.164 e. The lowest BCUT2D eigenvalue weighted by Gasteiger charge is -2.13. The van der Waals surface area contributed by atoms with E-state index >= 15 is 0 Å². The predicted octanol–water partition coefficient (Wildman–Crippen LogP) is 32.9. The van der Waals surface area contributed by atoms with Gasteiger partial charge in [0.05, 0.1) is 55.9 Å². The molecule has 632 valence electrons. The van der Waals surface area contributed by atoms with Gasteiger partial charge in [-0.15, -0.1) is 0 Å². The molecule has 0 saturated carbocycles. The number of nitrogens with zero attached hydrogens (tertiary/aromatic N) is 9. The second-order valence-corrected chi connectivity index (χ2v) is 34.9. The van der Waals surface area contributed by atoms with Crippen molar-refractivity contribution in [2.75, 3.05) is 0 Å². The van der Waals surface area contributed by atoms with Crippen LogP contribution < -0.4 is 0 Å². The normalized spacial score (nSPS) is 11.7. The maximum Gasteiger partial charge on any atom is 0.164 e. The van der Waals surface area contributed by atoms with Crippen LogP contribution >= 0.6 is 0 Å². The molecule has 0 N–H and O–H groups in total. The van der Waals surface area contributed by atoms with E-state index < -0.39 is 0 Å². The molecular formula is C127H79N9. The summed E-state index contributed by atoms with van der Waals surface area (Å²) in [5, 5.41) is 22.2. The average Bonchev–Trinajstić information content (AvgIpc) is 1.57. The summed E-state index contributed by atoms with van der Waals surface area (Å²) in [5.74, 6) is 2.56. The second kappa shape index (κ2) is 33.0. The Kier molecular flexibility index (Phi) is 19.1. The summed E-state index contributed by atoms with van der Waals surface area (Å²) in [7, 11) is 0. The van der Waals surface area contributed by atoms with E-state index in [1.165, 1.54) is 86.2 Å². The van der Waals surface area contributed by atoms with Crippen molar-refractivity contribution in [3.8, 4) is 135 Å². The van der Waals surface area contributed by atoms with Crippen LogP contribution in [0.4, 0.5) is 0 Å². The summed E-state index contributed by atoms with van der Waals surface area (Å²) in [4.78, 5) is 36.5. The van der Waals surface area contributed by atoms with Crippen molar-refractivity contribution in [1.82, 2.24) is 44.0 Å². The highest BCUT2D eigenvalue weighted by atomic mass is 15.0. The van der Waals surface area contributed by atoms with Crippen LogP contribution in [-0.2, 0) is 0 Å². The zero-order chi connectivity index (χ0) is 89.7. The molecule has 0 unspecified atom stereocenters. The van der Waals surface area contributed by atoms with Crippen molar-refractivity contribution in [1.29, 1.82) is 0 Å². The van der Waals surface area contributed by atoms with Crippen molar-refractivity contribution < 1.29 is 0 Å². The Hall–Kier alpha value is -18.3. The molecule has 9 nitrogen and oxygen atoms in total. The minimum Gasteiger partial charge on any atom is -0.307 e. The first kappa shape index (κ1) is 78.7. The summed E-state index contributed by atoms with van der Waals surface area (Å²) >= 11 is 0. The highest BCUT2D eigenvalue weighted by Gasteiger charge is 2.26. The lowest BCUT2D eigenvalue weighted by Crippen LogP contribution is -2.00. The molecule has 0 radical (unpaired) electrons. The van der Waals surface area contributed by atoms with Crippen molar-refractivity contribution in [2.45, 2.75) is 0 Å². The third-order valence-corrected chi connectivity index (χ3v) is 27.0. The SMILES string of the molecule is c1ccc(-c2nc(-c3ccc(-c4ccc(-c5nc6ccccc6c6c7ccccc7n(-c7ccccc7)c56)cc4)cc3)cc(-c3ccc4c5ccccc5c5ccccc5c4c3)n2)cc1.c1ccc(-c2nc(-c3ccc(-c4ccc(-c5nc6ccccc6c6c7ccccc7n(-c7ccccc7)c56)cc4)cc3)nc(-c3cccc(-c4ccc5c6ccccc6c6ccccc6c5c4)c3)n2)cc1. The van der Waals surface area contributed by atoms with E-state index in [9.17, 15) is 0 Å².